The van der Waals surface area contributed by atoms with Crippen LogP contribution in [0.2, 0.25) is 0 Å². The second-order valence-corrected chi connectivity index (χ2v) is 5.76. The lowest BCUT2D eigenvalue weighted by Gasteiger charge is -2.37. The van der Waals surface area contributed by atoms with Crippen LogP contribution in [0.3, 0.4) is 0 Å². The fourth-order valence-electron chi connectivity index (χ4n) is 3.06. The number of hydrogen-bond donors (Lipinski definition) is 1. The number of hydrogen-bond acceptors (Lipinski definition) is 4. The van der Waals surface area contributed by atoms with E-state index in [-0.39, 0.29) is 0 Å². The van der Waals surface area contributed by atoms with E-state index in [0.29, 0.717) is 11.9 Å². The molecule has 1 aliphatic carbocycles. The molecule has 4 nitrogen and oxygen atoms in total. The van der Waals surface area contributed by atoms with Crippen molar-refractivity contribution >= 4 is 11.6 Å². The van der Waals surface area contributed by atoms with Crippen LogP contribution < -0.4 is 10.6 Å². The predicted octanol–water partition coefficient (Wildman–Crippen LogP) is 3.03. The predicted molar refractivity (Wildman–Crippen MR) is 80.3 cm³/mol. The van der Waals surface area contributed by atoms with Crippen molar-refractivity contribution < 1.29 is 0 Å². The molecule has 1 aromatic rings. The molecule has 106 valence electrons. The highest BCUT2D eigenvalue weighted by atomic mass is 15.2. The highest BCUT2D eigenvalue weighted by molar-refractivity contribution is 5.47. The van der Waals surface area contributed by atoms with Gasteiger partial charge in [-0.3, -0.25) is 0 Å². The minimum Gasteiger partial charge on any atom is -0.384 e. The molecule has 2 unspecified atom stereocenters. The quantitative estimate of drug-likeness (QED) is 0.906. The van der Waals surface area contributed by atoms with Gasteiger partial charge in [0.2, 0.25) is 0 Å². The summed E-state index contributed by atoms with van der Waals surface area (Å²) in [7, 11) is 2.14. The fraction of sp³-hybridized carbons (Fsp3) is 0.733. The molecule has 2 N–H and O–H groups in total. The van der Waals surface area contributed by atoms with Crippen molar-refractivity contribution in [2.75, 3.05) is 17.7 Å². The topological polar surface area (TPSA) is 55.0 Å². The van der Waals surface area contributed by atoms with E-state index >= 15 is 0 Å². The first-order chi connectivity index (χ1) is 9.11. The second-order valence-electron chi connectivity index (χ2n) is 5.76. The number of nitrogen functional groups attached to an aromatic ring is 1. The van der Waals surface area contributed by atoms with Gasteiger partial charge in [0.25, 0.3) is 0 Å². The average Bonchev–Trinajstić information content (AvgIpc) is 2.38. The monoisotopic (exact) mass is 262 g/mol. The minimum atomic E-state index is 0.581. The summed E-state index contributed by atoms with van der Waals surface area (Å²) >= 11 is 0. The van der Waals surface area contributed by atoms with Gasteiger partial charge in [-0.15, -0.1) is 0 Å². The molecule has 0 bridgehead atoms. The lowest BCUT2D eigenvalue weighted by molar-refractivity contribution is 0.320. The molecule has 0 radical (unpaired) electrons. The molecule has 1 saturated carbocycles. The first-order valence-corrected chi connectivity index (χ1v) is 7.48. The first-order valence-electron chi connectivity index (χ1n) is 7.48. The van der Waals surface area contributed by atoms with Crippen LogP contribution in [0.15, 0.2) is 6.07 Å². The van der Waals surface area contributed by atoms with Crippen molar-refractivity contribution in [3.63, 3.8) is 0 Å². The molecule has 1 aromatic heterocycles. The number of anilines is 2. The van der Waals surface area contributed by atoms with Crippen LogP contribution in [0.4, 0.5) is 11.6 Å². The Balaban J connectivity index is 2.19. The standard InChI is InChI=1S/C15H26N4/c1-4-7-14-17-13(16)10-15(18-14)19(3)12-9-6-5-8-11(12)2/h10-12H,4-9H2,1-3H3,(H2,16,17,18). The Hall–Kier alpha value is -1.32. The van der Waals surface area contributed by atoms with Crippen LogP contribution in [-0.2, 0) is 6.42 Å². The van der Waals surface area contributed by atoms with E-state index in [2.05, 4.69) is 35.8 Å². The largest absolute Gasteiger partial charge is 0.384 e. The summed E-state index contributed by atoms with van der Waals surface area (Å²) in [5.74, 6) is 3.16. The zero-order valence-electron chi connectivity index (χ0n) is 12.4. The Morgan fingerprint density at radius 3 is 2.74 bits per heavy atom. The fourth-order valence-corrected chi connectivity index (χ4v) is 3.06. The molecule has 0 aliphatic heterocycles. The molecular formula is C15H26N4. The third-order valence-corrected chi connectivity index (χ3v) is 4.18. The molecule has 1 aliphatic rings. The third kappa shape index (κ3) is 3.37. The summed E-state index contributed by atoms with van der Waals surface area (Å²) in [6.45, 7) is 4.48. The summed E-state index contributed by atoms with van der Waals surface area (Å²) in [6, 6.07) is 2.48. The van der Waals surface area contributed by atoms with Crippen LogP contribution in [0.5, 0.6) is 0 Å². The molecule has 0 amide bonds. The number of rotatable bonds is 4. The molecule has 4 heteroatoms. The lowest BCUT2D eigenvalue weighted by Crippen LogP contribution is -2.39. The van der Waals surface area contributed by atoms with E-state index in [9.17, 15) is 0 Å². The normalized spacial score (nSPS) is 23.3. The number of aromatic nitrogens is 2. The summed E-state index contributed by atoms with van der Waals surface area (Å²) in [4.78, 5) is 11.3. The maximum absolute atomic E-state index is 5.91. The molecular weight excluding hydrogens is 236 g/mol. The van der Waals surface area contributed by atoms with E-state index < -0.39 is 0 Å². The summed E-state index contributed by atoms with van der Waals surface area (Å²) < 4.78 is 0. The van der Waals surface area contributed by atoms with E-state index in [1.807, 2.05) is 6.07 Å². The van der Waals surface area contributed by atoms with Gasteiger partial charge < -0.3 is 10.6 Å². The molecule has 2 rings (SSSR count). The Bertz CT molecular complexity index is 419. The SMILES string of the molecule is CCCc1nc(N)cc(N(C)C2CCCCC2C)n1. The molecule has 0 aromatic carbocycles. The van der Waals surface area contributed by atoms with Gasteiger partial charge >= 0.3 is 0 Å². The van der Waals surface area contributed by atoms with Crippen LogP contribution in [0.1, 0.15) is 51.8 Å². The van der Waals surface area contributed by atoms with Crippen LogP contribution in [-0.4, -0.2) is 23.1 Å². The van der Waals surface area contributed by atoms with Gasteiger partial charge in [0.1, 0.15) is 17.5 Å². The molecule has 2 atom stereocenters. The van der Waals surface area contributed by atoms with Gasteiger partial charge in [-0.05, 0) is 25.2 Å². The zero-order chi connectivity index (χ0) is 13.8. The number of aryl methyl sites for hydroxylation is 1. The molecule has 0 saturated heterocycles. The third-order valence-electron chi connectivity index (χ3n) is 4.18. The highest BCUT2D eigenvalue weighted by Crippen LogP contribution is 2.30. The van der Waals surface area contributed by atoms with E-state index in [1.165, 1.54) is 25.7 Å². The lowest BCUT2D eigenvalue weighted by atomic mass is 9.85. The molecule has 19 heavy (non-hydrogen) atoms. The van der Waals surface area contributed by atoms with Crippen molar-refractivity contribution in [2.24, 2.45) is 5.92 Å². The number of nitrogens with two attached hydrogens (primary N) is 1. The van der Waals surface area contributed by atoms with Gasteiger partial charge in [-0.25, -0.2) is 9.97 Å². The minimum absolute atomic E-state index is 0.581. The van der Waals surface area contributed by atoms with Gasteiger partial charge in [0, 0.05) is 25.6 Å². The van der Waals surface area contributed by atoms with Gasteiger partial charge in [0.05, 0.1) is 0 Å². The zero-order valence-corrected chi connectivity index (χ0v) is 12.4. The maximum atomic E-state index is 5.91. The van der Waals surface area contributed by atoms with Crippen molar-refractivity contribution in [1.29, 1.82) is 0 Å². The van der Waals surface area contributed by atoms with E-state index in [4.69, 9.17) is 5.73 Å². The Kier molecular flexibility index (Phi) is 4.61. The maximum Gasteiger partial charge on any atom is 0.134 e. The van der Waals surface area contributed by atoms with Crippen LogP contribution >= 0.6 is 0 Å². The van der Waals surface area contributed by atoms with E-state index in [1.54, 1.807) is 0 Å². The average molecular weight is 262 g/mol. The Labute approximate surface area is 116 Å². The molecule has 1 heterocycles. The van der Waals surface area contributed by atoms with Crippen molar-refractivity contribution in [3.8, 4) is 0 Å². The highest BCUT2D eigenvalue weighted by Gasteiger charge is 2.26. The van der Waals surface area contributed by atoms with Crippen molar-refractivity contribution in [3.05, 3.63) is 11.9 Å². The molecule has 1 fully saturated rings. The Morgan fingerprint density at radius 2 is 2.05 bits per heavy atom. The summed E-state index contributed by atoms with van der Waals surface area (Å²) in [5, 5.41) is 0. The first kappa shape index (κ1) is 14.1. The van der Waals surface area contributed by atoms with Crippen molar-refractivity contribution in [2.45, 2.75) is 58.4 Å². The molecule has 0 spiro atoms. The van der Waals surface area contributed by atoms with E-state index in [0.717, 1.165) is 30.4 Å². The smallest absolute Gasteiger partial charge is 0.134 e. The van der Waals surface area contributed by atoms with Gasteiger partial charge in [0.15, 0.2) is 0 Å². The van der Waals surface area contributed by atoms with Crippen LogP contribution in [0.25, 0.3) is 0 Å². The number of nitrogens with zero attached hydrogens (tertiary/aromatic N) is 3. The van der Waals surface area contributed by atoms with Crippen molar-refractivity contribution in [1.82, 2.24) is 9.97 Å². The Morgan fingerprint density at radius 1 is 1.32 bits per heavy atom. The second kappa shape index (κ2) is 6.22. The van der Waals surface area contributed by atoms with Gasteiger partial charge in [-0.1, -0.05) is 26.7 Å². The summed E-state index contributed by atoms with van der Waals surface area (Å²) in [5.41, 5.74) is 5.91. The summed E-state index contributed by atoms with van der Waals surface area (Å²) in [6.07, 6.45) is 7.20. The van der Waals surface area contributed by atoms with Gasteiger partial charge in [-0.2, -0.15) is 0 Å². The van der Waals surface area contributed by atoms with Crippen LogP contribution in [0, 0.1) is 5.92 Å².